The molecule has 0 radical (unpaired) electrons. The minimum Gasteiger partial charge on any atom is -0.340 e. The van der Waals surface area contributed by atoms with Crippen molar-refractivity contribution in [2.45, 2.75) is 32.4 Å². The number of hydrogen-bond donors (Lipinski definition) is 1. The largest absolute Gasteiger partial charge is 0.340 e. The number of nitrogens with two attached hydrogens (primary N) is 1. The van der Waals surface area contributed by atoms with Crippen molar-refractivity contribution < 1.29 is 4.79 Å². The molecule has 4 nitrogen and oxygen atoms in total. The highest BCUT2D eigenvalue weighted by atomic mass is 32.1. The first kappa shape index (κ1) is 15.5. The number of piperidine rings is 1. The fraction of sp³-hybridized carbons (Fsp3) is 0.667. The predicted octanol–water partition coefficient (Wildman–Crippen LogP) is 1.77. The van der Waals surface area contributed by atoms with Crippen molar-refractivity contribution in [1.82, 2.24) is 9.80 Å². The third-order valence-electron chi connectivity index (χ3n) is 4.07. The van der Waals surface area contributed by atoms with Gasteiger partial charge in [0.1, 0.15) is 0 Å². The van der Waals surface area contributed by atoms with E-state index < -0.39 is 0 Å². The average molecular weight is 295 g/mol. The third kappa shape index (κ3) is 4.30. The number of hydrogen-bond acceptors (Lipinski definition) is 4. The van der Waals surface area contributed by atoms with E-state index in [0.29, 0.717) is 19.0 Å². The Morgan fingerprint density at radius 1 is 1.65 bits per heavy atom. The molecule has 1 aromatic heterocycles. The fourth-order valence-corrected chi connectivity index (χ4v) is 3.38. The predicted molar refractivity (Wildman–Crippen MR) is 83.6 cm³/mol. The van der Waals surface area contributed by atoms with Crippen molar-refractivity contribution in [3.05, 3.63) is 22.4 Å². The van der Waals surface area contributed by atoms with E-state index in [0.717, 1.165) is 19.5 Å². The van der Waals surface area contributed by atoms with Crippen LogP contribution in [0.25, 0.3) is 0 Å². The molecule has 1 aliphatic heterocycles. The number of likely N-dealkylation sites (tertiary alicyclic amines) is 1. The lowest BCUT2D eigenvalue weighted by Crippen LogP contribution is -2.46. The van der Waals surface area contributed by atoms with Crippen LogP contribution in [0.4, 0.5) is 0 Å². The van der Waals surface area contributed by atoms with Crippen molar-refractivity contribution in [3.8, 4) is 0 Å². The highest BCUT2D eigenvalue weighted by molar-refractivity contribution is 7.07. The smallest absolute Gasteiger partial charge is 0.236 e. The van der Waals surface area contributed by atoms with Gasteiger partial charge in [-0.05, 0) is 54.6 Å². The van der Waals surface area contributed by atoms with Gasteiger partial charge in [-0.1, -0.05) is 0 Å². The van der Waals surface area contributed by atoms with Crippen molar-refractivity contribution in [1.29, 1.82) is 0 Å². The summed E-state index contributed by atoms with van der Waals surface area (Å²) >= 11 is 1.67. The average Bonchev–Trinajstić information content (AvgIpc) is 2.91. The maximum Gasteiger partial charge on any atom is 0.236 e. The molecule has 1 aliphatic rings. The monoisotopic (exact) mass is 295 g/mol. The number of rotatable bonds is 5. The summed E-state index contributed by atoms with van der Waals surface area (Å²) < 4.78 is 0. The van der Waals surface area contributed by atoms with Crippen LogP contribution >= 0.6 is 11.3 Å². The van der Waals surface area contributed by atoms with Gasteiger partial charge in [-0.15, -0.1) is 0 Å². The van der Waals surface area contributed by atoms with E-state index in [9.17, 15) is 4.79 Å². The highest BCUT2D eigenvalue weighted by Crippen LogP contribution is 2.18. The number of carbonyl (C=O) groups is 1. The van der Waals surface area contributed by atoms with Crippen LogP contribution in [0.1, 0.15) is 25.3 Å². The molecule has 20 heavy (non-hydrogen) atoms. The normalized spacial score (nSPS) is 21.6. The molecule has 0 aliphatic carbocycles. The zero-order chi connectivity index (χ0) is 14.5. The van der Waals surface area contributed by atoms with Crippen molar-refractivity contribution in [2.24, 2.45) is 11.7 Å². The Morgan fingerprint density at radius 3 is 3.10 bits per heavy atom. The van der Waals surface area contributed by atoms with E-state index in [2.05, 4.69) is 23.3 Å². The van der Waals surface area contributed by atoms with E-state index in [1.165, 1.54) is 12.0 Å². The summed E-state index contributed by atoms with van der Waals surface area (Å²) in [6.07, 6.45) is 2.33. The maximum absolute atomic E-state index is 12.3. The summed E-state index contributed by atoms with van der Waals surface area (Å²) in [7, 11) is 1.88. The van der Waals surface area contributed by atoms with Gasteiger partial charge >= 0.3 is 0 Å². The molecule has 2 atom stereocenters. The number of carbonyl (C=O) groups excluding carboxylic acids is 1. The van der Waals surface area contributed by atoms with Gasteiger partial charge in [0.25, 0.3) is 0 Å². The second-order valence-corrected chi connectivity index (χ2v) is 6.66. The standard InChI is InChI=1S/C15H25N3OS/c1-12(16)14-4-3-6-18(9-14)10-15(19)17(2)8-13-5-7-20-11-13/h5,7,11-12,14H,3-4,6,8-10,16H2,1-2H3. The molecule has 1 saturated heterocycles. The summed E-state index contributed by atoms with van der Waals surface area (Å²) in [5.74, 6) is 0.722. The molecule has 2 rings (SSSR count). The number of amides is 1. The van der Waals surface area contributed by atoms with E-state index in [4.69, 9.17) is 5.73 Å². The zero-order valence-corrected chi connectivity index (χ0v) is 13.2. The first-order chi connectivity index (χ1) is 9.56. The summed E-state index contributed by atoms with van der Waals surface area (Å²) in [5.41, 5.74) is 7.20. The second kappa shape index (κ2) is 7.20. The van der Waals surface area contributed by atoms with Crippen molar-refractivity contribution >= 4 is 17.2 Å². The first-order valence-electron chi connectivity index (χ1n) is 7.29. The van der Waals surface area contributed by atoms with Gasteiger partial charge in [0.2, 0.25) is 5.91 Å². The van der Waals surface area contributed by atoms with E-state index in [-0.39, 0.29) is 11.9 Å². The lowest BCUT2D eigenvalue weighted by molar-refractivity contribution is -0.132. The Bertz CT molecular complexity index is 419. The molecule has 5 heteroatoms. The molecule has 0 bridgehead atoms. The number of likely N-dealkylation sites (N-methyl/N-ethyl adjacent to an activating group) is 1. The molecule has 0 spiro atoms. The maximum atomic E-state index is 12.3. The number of nitrogens with zero attached hydrogens (tertiary/aromatic N) is 2. The molecular formula is C15H25N3OS. The van der Waals surface area contributed by atoms with Crippen LogP contribution in [0.3, 0.4) is 0 Å². The lowest BCUT2D eigenvalue weighted by Gasteiger charge is -2.34. The molecule has 1 fully saturated rings. The summed E-state index contributed by atoms with van der Waals surface area (Å²) in [4.78, 5) is 16.3. The second-order valence-electron chi connectivity index (χ2n) is 5.88. The molecule has 1 aromatic rings. The van der Waals surface area contributed by atoms with Gasteiger partial charge in [-0.3, -0.25) is 9.69 Å². The van der Waals surface area contributed by atoms with Crippen molar-refractivity contribution in [3.63, 3.8) is 0 Å². The SMILES string of the molecule is CC(N)C1CCCN(CC(=O)N(C)Cc2ccsc2)C1. The molecular weight excluding hydrogens is 270 g/mol. The van der Waals surface area contributed by atoms with Crippen LogP contribution in [0.15, 0.2) is 16.8 Å². The van der Waals surface area contributed by atoms with Gasteiger partial charge in [-0.2, -0.15) is 11.3 Å². The van der Waals surface area contributed by atoms with E-state index in [1.807, 2.05) is 17.3 Å². The molecule has 0 aromatic carbocycles. The van der Waals surface area contributed by atoms with Crippen LogP contribution in [0.2, 0.25) is 0 Å². The molecule has 0 saturated carbocycles. The Labute approximate surface area is 125 Å². The summed E-state index contributed by atoms with van der Waals surface area (Å²) in [6, 6.07) is 2.29. The Balaban J connectivity index is 1.81. The third-order valence-corrected chi connectivity index (χ3v) is 4.80. The van der Waals surface area contributed by atoms with E-state index >= 15 is 0 Å². The van der Waals surface area contributed by atoms with Gasteiger partial charge < -0.3 is 10.6 Å². The molecule has 2 heterocycles. The first-order valence-corrected chi connectivity index (χ1v) is 8.23. The quantitative estimate of drug-likeness (QED) is 0.900. The minimum atomic E-state index is 0.196. The fourth-order valence-electron chi connectivity index (χ4n) is 2.72. The van der Waals surface area contributed by atoms with Crippen LogP contribution < -0.4 is 5.73 Å². The van der Waals surface area contributed by atoms with Crippen LogP contribution in [0.5, 0.6) is 0 Å². The lowest BCUT2D eigenvalue weighted by atomic mass is 9.92. The highest BCUT2D eigenvalue weighted by Gasteiger charge is 2.24. The van der Waals surface area contributed by atoms with Gasteiger partial charge in [0.15, 0.2) is 0 Å². The Kier molecular flexibility index (Phi) is 5.57. The minimum absolute atomic E-state index is 0.196. The van der Waals surface area contributed by atoms with Gasteiger partial charge in [0, 0.05) is 26.2 Å². The molecule has 2 N–H and O–H groups in total. The van der Waals surface area contributed by atoms with Crippen LogP contribution in [-0.4, -0.2) is 48.4 Å². The van der Waals surface area contributed by atoms with Crippen molar-refractivity contribution in [2.75, 3.05) is 26.7 Å². The van der Waals surface area contributed by atoms with Gasteiger partial charge in [-0.25, -0.2) is 0 Å². The Hall–Kier alpha value is -0.910. The molecule has 2 unspecified atom stereocenters. The van der Waals surface area contributed by atoms with Gasteiger partial charge in [0.05, 0.1) is 6.54 Å². The zero-order valence-electron chi connectivity index (χ0n) is 12.4. The van der Waals surface area contributed by atoms with Crippen LogP contribution in [-0.2, 0) is 11.3 Å². The Morgan fingerprint density at radius 2 is 2.45 bits per heavy atom. The molecule has 112 valence electrons. The molecule has 1 amide bonds. The summed E-state index contributed by atoms with van der Waals surface area (Å²) in [6.45, 7) is 5.26. The van der Waals surface area contributed by atoms with E-state index in [1.54, 1.807) is 11.3 Å². The topological polar surface area (TPSA) is 49.6 Å². The number of thiophene rings is 1. The summed E-state index contributed by atoms with van der Waals surface area (Å²) in [5, 5.41) is 4.14. The van der Waals surface area contributed by atoms with Crippen LogP contribution in [0, 0.1) is 5.92 Å².